The Labute approximate surface area is 131 Å². The highest BCUT2D eigenvalue weighted by Crippen LogP contribution is 2.27. The number of aromatic nitrogens is 2. The van der Waals surface area contributed by atoms with E-state index in [2.05, 4.69) is 51.2 Å². The molecule has 1 rings (SSSR count). The molecule has 0 radical (unpaired) electrons. The Bertz CT molecular complexity index is 389. The van der Waals surface area contributed by atoms with Gasteiger partial charge in [0.15, 0.2) is 0 Å². The number of aryl methyl sites for hydroxylation is 2. The van der Waals surface area contributed by atoms with E-state index >= 15 is 0 Å². The van der Waals surface area contributed by atoms with E-state index in [1.165, 1.54) is 31.2 Å². The van der Waals surface area contributed by atoms with E-state index in [9.17, 15) is 0 Å². The van der Waals surface area contributed by atoms with Crippen molar-refractivity contribution >= 4 is 0 Å². The van der Waals surface area contributed by atoms with Crippen LogP contribution in [0.3, 0.4) is 0 Å². The van der Waals surface area contributed by atoms with Gasteiger partial charge in [0.1, 0.15) is 0 Å². The normalized spacial score (nSPS) is 15.1. The molecule has 1 heterocycles. The molecule has 0 aromatic carbocycles. The molecule has 0 fully saturated rings. The molecule has 3 heteroatoms. The first-order valence-electron chi connectivity index (χ1n) is 8.51. The summed E-state index contributed by atoms with van der Waals surface area (Å²) in [5.74, 6) is 0.772. The summed E-state index contributed by atoms with van der Waals surface area (Å²) in [6, 6.07) is 0.627. The summed E-state index contributed by atoms with van der Waals surface area (Å²) in [5.41, 5.74) is 1.78. The van der Waals surface area contributed by atoms with Crippen molar-refractivity contribution in [2.24, 2.45) is 18.4 Å². The molecule has 1 aromatic heterocycles. The van der Waals surface area contributed by atoms with E-state index in [4.69, 9.17) is 0 Å². The predicted octanol–water partition coefficient (Wildman–Crippen LogP) is 4.18. The molecule has 0 bridgehead atoms. The van der Waals surface area contributed by atoms with Crippen LogP contribution in [0.2, 0.25) is 0 Å². The third kappa shape index (κ3) is 8.25. The number of hydrogen-bond acceptors (Lipinski definition) is 2. The molecule has 0 aliphatic carbocycles. The van der Waals surface area contributed by atoms with Gasteiger partial charge >= 0.3 is 0 Å². The third-order valence-corrected chi connectivity index (χ3v) is 3.87. The topological polar surface area (TPSA) is 29.9 Å². The molecule has 2 unspecified atom stereocenters. The van der Waals surface area contributed by atoms with Gasteiger partial charge in [-0.25, -0.2) is 0 Å². The Morgan fingerprint density at radius 3 is 2.57 bits per heavy atom. The summed E-state index contributed by atoms with van der Waals surface area (Å²) in [5, 5.41) is 8.00. The summed E-state index contributed by atoms with van der Waals surface area (Å²) in [7, 11) is 1.99. The van der Waals surface area contributed by atoms with Crippen LogP contribution in [0.15, 0.2) is 12.4 Å². The zero-order valence-electron chi connectivity index (χ0n) is 14.9. The van der Waals surface area contributed by atoms with Gasteiger partial charge in [-0.2, -0.15) is 5.10 Å². The molecular weight excluding hydrogens is 258 g/mol. The maximum atomic E-state index is 4.26. The smallest absolute Gasteiger partial charge is 0.0521 e. The number of rotatable bonds is 9. The molecule has 0 aliphatic heterocycles. The molecular formula is C18H35N3. The largest absolute Gasteiger partial charge is 0.314 e. The van der Waals surface area contributed by atoms with Gasteiger partial charge in [0.25, 0.3) is 0 Å². The minimum Gasteiger partial charge on any atom is -0.314 e. The fourth-order valence-corrected chi connectivity index (χ4v) is 3.21. The van der Waals surface area contributed by atoms with Crippen molar-refractivity contribution < 1.29 is 0 Å². The van der Waals surface area contributed by atoms with Crippen molar-refractivity contribution in [2.75, 3.05) is 6.54 Å². The average Bonchev–Trinajstić information content (AvgIpc) is 2.76. The Morgan fingerprint density at radius 2 is 2.05 bits per heavy atom. The summed E-state index contributed by atoms with van der Waals surface area (Å²) < 4.78 is 1.89. The van der Waals surface area contributed by atoms with E-state index < -0.39 is 0 Å². The molecule has 0 aliphatic rings. The van der Waals surface area contributed by atoms with Gasteiger partial charge in [-0.15, -0.1) is 0 Å². The maximum Gasteiger partial charge on any atom is 0.0521 e. The van der Waals surface area contributed by atoms with Crippen molar-refractivity contribution in [2.45, 2.75) is 72.8 Å². The molecule has 3 nitrogen and oxygen atoms in total. The van der Waals surface area contributed by atoms with Crippen LogP contribution < -0.4 is 5.32 Å². The van der Waals surface area contributed by atoms with Crippen LogP contribution in [0.25, 0.3) is 0 Å². The van der Waals surface area contributed by atoms with Crippen LogP contribution in [0.4, 0.5) is 0 Å². The van der Waals surface area contributed by atoms with Crippen molar-refractivity contribution in [3.63, 3.8) is 0 Å². The van der Waals surface area contributed by atoms with E-state index in [1.54, 1.807) is 0 Å². The molecule has 1 N–H and O–H groups in total. The fourth-order valence-electron chi connectivity index (χ4n) is 3.21. The second-order valence-electron chi connectivity index (χ2n) is 7.82. The van der Waals surface area contributed by atoms with Crippen molar-refractivity contribution in [1.82, 2.24) is 15.1 Å². The van der Waals surface area contributed by atoms with Crippen molar-refractivity contribution in [1.29, 1.82) is 0 Å². The Morgan fingerprint density at radius 1 is 1.33 bits per heavy atom. The molecule has 0 spiro atoms. The second-order valence-corrected chi connectivity index (χ2v) is 7.82. The maximum absolute atomic E-state index is 4.26. The second kappa shape index (κ2) is 8.57. The number of nitrogens with zero attached hydrogens (tertiary/aromatic N) is 2. The quantitative estimate of drug-likeness (QED) is 0.740. The summed E-state index contributed by atoms with van der Waals surface area (Å²) in [6.07, 6.45) is 10.2. The highest BCUT2D eigenvalue weighted by atomic mass is 15.2. The lowest BCUT2D eigenvalue weighted by molar-refractivity contribution is 0.270. The van der Waals surface area contributed by atoms with Gasteiger partial charge < -0.3 is 5.32 Å². The molecule has 1 aromatic rings. The molecule has 21 heavy (non-hydrogen) atoms. The first-order valence-corrected chi connectivity index (χ1v) is 8.51. The first-order chi connectivity index (χ1) is 9.80. The molecule has 0 saturated carbocycles. The highest BCUT2D eigenvalue weighted by molar-refractivity contribution is 5.04. The van der Waals surface area contributed by atoms with Gasteiger partial charge in [-0.05, 0) is 55.5 Å². The van der Waals surface area contributed by atoms with Crippen LogP contribution in [0.5, 0.6) is 0 Å². The lowest BCUT2D eigenvalue weighted by Gasteiger charge is -2.27. The van der Waals surface area contributed by atoms with Crippen LogP contribution >= 0.6 is 0 Å². The van der Waals surface area contributed by atoms with Crippen LogP contribution in [0, 0.1) is 11.3 Å². The van der Waals surface area contributed by atoms with Crippen molar-refractivity contribution in [3.05, 3.63) is 18.0 Å². The van der Waals surface area contributed by atoms with E-state index in [-0.39, 0.29) is 0 Å². The van der Waals surface area contributed by atoms with Crippen LogP contribution in [0.1, 0.15) is 65.9 Å². The Balaban J connectivity index is 2.46. The molecule has 0 amide bonds. The average molecular weight is 293 g/mol. The number of hydrogen-bond donors (Lipinski definition) is 1. The third-order valence-electron chi connectivity index (χ3n) is 3.87. The lowest BCUT2D eigenvalue weighted by Crippen LogP contribution is -2.32. The van der Waals surface area contributed by atoms with Gasteiger partial charge in [0.2, 0.25) is 0 Å². The fraction of sp³-hybridized carbons (Fsp3) is 0.833. The number of nitrogens with one attached hydrogen (secondary N) is 1. The first kappa shape index (κ1) is 18.2. The minimum atomic E-state index is 0.429. The Hall–Kier alpha value is -0.830. The zero-order valence-corrected chi connectivity index (χ0v) is 14.9. The SMILES string of the molecule is CCCNC(CCc1cnn(C)c1)CC(C)CC(C)(C)C. The summed E-state index contributed by atoms with van der Waals surface area (Å²) in [6.45, 7) is 12.8. The zero-order chi connectivity index (χ0) is 15.9. The molecule has 0 saturated heterocycles. The highest BCUT2D eigenvalue weighted by Gasteiger charge is 2.19. The van der Waals surface area contributed by atoms with E-state index in [1.807, 2.05) is 17.9 Å². The van der Waals surface area contributed by atoms with E-state index in [0.717, 1.165) is 18.9 Å². The summed E-state index contributed by atoms with van der Waals surface area (Å²) >= 11 is 0. The van der Waals surface area contributed by atoms with Gasteiger partial charge in [-0.3, -0.25) is 4.68 Å². The minimum absolute atomic E-state index is 0.429. The van der Waals surface area contributed by atoms with Gasteiger partial charge in [0, 0.05) is 19.3 Å². The lowest BCUT2D eigenvalue weighted by atomic mass is 9.82. The predicted molar refractivity (Wildman–Crippen MR) is 91.5 cm³/mol. The van der Waals surface area contributed by atoms with Crippen LogP contribution in [-0.4, -0.2) is 22.4 Å². The monoisotopic (exact) mass is 293 g/mol. The standard InChI is InChI=1S/C18H35N3/c1-7-10-19-17(11-15(2)12-18(3,4)5)9-8-16-13-20-21(6)14-16/h13-15,17,19H,7-12H2,1-6H3. The van der Waals surface area contributed by atoms with Gasteiger partial charge in [-0.1, -0.05) is 34.6 Å². The van der Waals surface area contributed by atoms with Crippen molar-refractivity contribution in [3.8, 4) is 0 Å². The van der Waals surface area contributed by atoms with Gasteiger partial charge in [0.05, 0.1) is 6.20 Å². The summed E-state index contributed by atoms with van der Waals surface area (Å²) in [4.78, 5) is 0. The Kier molecular flexibility index (Phi) is 7.44. The van der Waals surface area contributed by atoms with Crippen LogP contribution in [-0.2, 0) is 13.5 Å². The molecule has 122 valence electrons. The molecule has 2 atom stereocenters. The van der Waals surface area contributed by atoms with E-state index in [0.29, 0.717) is 11.5 Å².